The lowest BCUT2D eigenvalue weighted by molar-refractivity contribution is 0.0673. The zero-order chi connectivity index (χ0) is 18.8. The molecule has 0 bridgehead atoms. The first-order valence-electron chi connectivity index (χ1n) is 8.93. The maximum atomic E-state index is 13.0. The van der Waals surface area contributed by atoms with Gasteiger partial charge in [0.25, 0.3) is 11.5 Å². The second-order valence-electron chi connectivity index (χ2n) is 6.58. The number of carbonyl (C=O) groups is 1. The van der Waals surface area contributed by atoms with E-state index in [9.17, 15) is 9.59 Å². The first kappa shape index (κ1) is 17.7. The molecule has 3 heterocycles. The molecule has 1 aliphatic heterocycles. The molecule has 1 aliphatic rings. The summed E-state index contributed by atoms with van der Waals surface area (Å²) in [5, 5.41) is 1.34. The number of amides is 1. The Labute approximate surface area is 161 Å². The Kier molecular flexibility index (Phi) is 4.94. The van der Waals surface area contributed by atoms with Gasteiger partial charge in [-0.3, -0.25) is 14.2 Å². The van der Waals surface area contributed by atoms with E-state index in [1.807, 2.05) is 35.4 Å². The van der Waals surface area contributed by atoms with Crippen molar-refractivity contribution in [3.05, 3.63) is 64.8 Å². The van der Waals surface area contributed by atoms with Crippen LogP contribution in [0.1, 0.15) is 29.2 Å². The monoisotopic (exact) mass is 380 g/mol. The number of pyridine rings is 1. The molecule has 0 aliphatic carbocycles. The molecule has 27 heavy (non-hydrogen) atoms. The zero-order valence-corrected chi connectivity index (χ0v) is 15.9. The maximum Gasteiger partial charge on any atom is 0.261 e. The van der Waals surface area contributed by atoms with Crippen LogP contribution in [0.15, 0.2) is 58.7 Å². The molecule has 0 saturated carbocycles. The number of fused-ring (bicyclic) bond motifs is 1. The van der Waals surface area contributed by atoms with Crippen LogP contribution in [-0.4, -0.2) is 44.7 Å². The van der Waals surface area contributed by atoms with Crippen LogP contribution in [0.2, 0.25) is 0 Å². The number of likely N-dealkylation sites (tertiary alicyclic amines) is 1. The van der Waals surface area contributed by atoms with Crippen LogP contribution in [0.5, 0.6) is 0 Å². The number of hydrogen-bond acceptors (Lipinski definition) is 5. The van der Waals surface area contributed by atoms with Crippen LogP contribution in [0.3, 0.4) is 0 Å². The van der Waals surface area contributed by atoms with E-state index in [2.05, 4.69) is 9.97 Å². The number of hydrogen-bond donors (Lipinski definition) is 0. The van der Waals surface area contributed by atoms with Gasteiger partial charge in [0.2, 0.25) is 0 Å². The number of piperidine rings is 1. The Hall–Kier alpha value is -2.67. The van der Waals surface area contributed by atoms with Gasteiger partial charge >= 0.3 is 0 Å². The molecule has 6 nitrogen and oxygen atoms in total. The van der Waals surface area contributed by atoms with Gasteiger partial charge in [-0.25, -0.2) is 9.97 Å². The average molecular weight is 380 g/mol. The SMILES string of the molecule is CSc1ncccc1C(=O)N1CCC[C@H](n2cnc3ccccc3c2=O)C1. The van der Waals surface area contributed by atoms with Crippen molar-refractivity contribution in [2.45, 2.75) is 23.9 Å². The van der Waals surface area contributed by atoms with Gasteiger partial charge in [0, 0.05) is 19.3 Å². The number of thioether (sulfide) groups is 1. The third kappa shape index (κ3) is 3.35. The van der Waals surface area contributed by atoms with E-state index in [1.165, 1.54) is 11.8 Å². The van der Waals surface area contributed by atoms with Crippen LogP contribution in [0.25, 0.3) is 10.9 Å². The van der Waals surface area contributed by atoms with Gasteiger partial charge in [0.05, 0.1) is 28.8 Å². The molecule has 7 heteroatoms. The Bertz CT molecular complexity index is 1050. The van der Waals surface area contributed by atoms with E-state index >= 15 is 0 Å². The van der Waals surface area contributed by atoms with Crippen molar-refractivity contribution in [3.63, 3.8) is 0 Å². The lowest BCUT2D eigenvalue weighted by Gasteiger charge is -2.33. The highest BCUT2D eigenvalue weighted by atomic mass is 32.2. The highest BCUT2D eigenvalue weighted by Crippen LogP contribution is 2.25. The van der Waals surface area contributed by atoms with Crippen molar-refractivity contribution < 1.29 is 4.79 Å². The Morgan fingerprint density at radius 2 is 2.04 bits per heavy atom. The summed E-state index contributed by atoms with van der Waals surface area (Å²) < 4.78 is 1.68. The summed E-state index contributed by atoms with van der Waals surface area (Å²) in [5.41, 5.74) is 1.27. The fourth-order valence-corrected chi connectivity index (χ4v) is 4.14. The second-order valence-corrected chi connectivity index (χ2v) is 7.38. The van der Waals surface area contributed by atoms with Crippen LogP contribution in [0.4, 0.5) is 0 Å². The Balaban J connectivity index is 1.63. The van der Waals surface area contributed by atoms with Crippen LogP contribution in [0, 0.1) is 0 Å². The minimum absolute atomic E-state index is 0.0288. The molecular weight excluding hydrogens is 360 g/mol. The van der Waals surface area contributed by atoms with Gasteiger partial charge in [0.15, 0.2) is 0 Å². The zero-order valence-electron chi connectivity index (χ0n) is 15.0. The lowest BCUT2D eigenvalue weighted by Crippen LogP contribution is -2.43. The van der Waals surface area contributed by atoms with E-state index in [1.54, 1.807) is 29.2 Å². The summed E-state index contributed by atoms with van der Waals surface area (Å²) in [6, 6.07) is 10.9. The van der Waals surface area contributed by atoms with Crippen LogP contribution >= 0.6 is 11.8 Å². The van der Waals surface area contributed by atoms with Gasteiger partial charge in [-0.05, 0) is 43.4 Å². The first-order chi connectivity index (χ1) is 13.2. The number of nitrogens with zero attached hydrogens (tertiary/aromatic N) is 4. The van der Waals surface area contributed by atoms with Crippen molar-refractivity contribution in [2.24, 2.45) is 0 Å². The molecule has 3 aromatic rings. The molecule has 1 aromatic carbocycles. The highest BCUT2D eigenvalue weighted by Gasteiger charge is 2.27. The van der Waals surface area contributed by atoms with Gasteiger partial charge in [-0.15, -0.1) is 11.8 Å². The van der Waals surface area contributed by atoms with E-state index < -0.39 is 0 Å². The number of aromatic nitrogens is 3. The fraction of sp³-hybridized carbons (Fsp3) is 0.300. The van der Waals surface area contributed by atoms with E-state index in [0.29, 0.717) is 29.6 Å². The summed E-state index contributed by atoms with van der Waals surface area (Å²) in [7, 11) is 0. The molecule has 1 saturated heterocycles. The lowest BCUT2D eigenvalue weighted by atomic mass is 10.0. The van der Waals surface area contributed by atoms with E-state index in [-0.39, 0.29) is 17.5 Å². The van der Waals surface area contributed by atoms with E-state index in [4.69, 9.17) is 0 Å². The average Bonchev–Trinajstić information content (AvgIpc) is 2.73. The van der Waals surface area contributed by atoms with Crippen molar-refractivity contribution in [2.75, 3.05) is 19.3 Å². The standard InChI is InChI=1S/C20H20N4O2S/c1-27-18-16(8-4-10-21-18)19(25)23-11-5-6-14(12-23)24-13-22-17-9-3-2-7-15(17)20(24)26/h2-4,7-10,13-14H,5-6,11-12H2,1H3/t14-/m0/s1. The minimum Gasteiger partial charge on any atom is -0.336 e. The molecule has 0 unspecified atom stereocenters. The predicted octanol–water partition coefficient (Wildman–Crippen LogP) is 2.99. The van der Waals surface area contributed by atoms with Crippen molar-refractivity contribution in [3.8, 4) is 0 Å². The smallest absolute Gasteiger partial charge is 0.261 e. The Morgan fingerprint density at radius 1 is 1.19 bits per heavy atom. The molecule has 0 radical (unpaired) electrons. The molecule has 1 fully saturated rings. The predicted molar refractivity (Wildman–Crippen MR) is 106 cm³/mol. The molecule has 1 atom stereocenters. The maximum absolute atomic E-state index is 13.0. The van der Waals surface area contributed by atoms with Gasteiger partial charge in [-0.2, -0.15) is 0 Å². The molecule has 4 rings (SSSR count). The molecule has 0 spiro atoms. The third-order valence-electron chi connectivity index (χ3n) is 4.96. The number of para-hydroxylation sites is 1. The Morgan fingerprint density at radius 3 is 2.89 bits per heavy atom. The summed E-state index contributed by atoms with van der Waals surface area (Å²) in [6.45, 7) is 1.19. The number of rotatable bonds is 3. The quantitative estimate of drug-likeness (QED) is 0.654. The largest absolute Gasteiger partial charge is 0.336 e. The first-order valence-corrected chi connectivity index (χ1v) is 10.2. The molecule has 138 valence electrons. The topological polar surface area (TPSA) is 68.1 Å². The van der Waals surface area contributed by atoms with Crippen LogP contribution in [-0.2, 0) is 0 Å². The molecule has 1 amide bonds. The van der Waals surface area contributed by atoms with Crippen molar-refractivity contribution >= 4 is 28.6 Å². The fourth-order valence-electron chi connectivity index (χ4n) is 3.60. The van der Waals surface area contributed by atoms with Gasteiger partial charge < -0.3 is 4.90 Å². The summed E-state index contributed by atoms with van der Waals surface area (Å²) in [6.07, 6.45) is 6.93. The summed E-state index contributed by atoms with van der Waals surface area (Å²) >= 11 is 1.46. The van der Waals surface area contributed by atoms with Crippen molar-refractivity contribution in [1.29, 1.82) is 0 Å². The summed E-state index contributed by atoms with van der Waals surface area (Å²) in [4.78, 5) is 36.4. The second kappa shape index (κ2) is 7.52. The van der Waals surface area contributed by atoms with Gasteiger partial charge in [-0.1, -0.05) is 12.1 Å². The molecular formula is C20H20N4O2S. The van der Waals surface area contributed by atoms with Crippen LogP contribution < -0.4 is 5.56 Å². The van der Waals surface area contributed by atoms with Gasteiger partial charge in [0.1, 0.15) is 5.03 Å². The normalized spacial score (nSPS) is 17.2. The third-order valence-corrected chi connectivity index (χ3v) is 5.67. The minimum atomic E-state index is -0.0679. The molecule has 2 aromatic heterocycles. The highest BCUT2D eigenvalue weighted by molar-refractivity contribution is 7.98. The van der Waals surface area contributed by atoms with E-state index in [0.717, 1.165) is 17.9 Å². The van der Waals surface area contributed by atoms with Crippen molar-refractivity contribution in [1.82, 2.24) is 19.4 Å². The number of benzene rings is 1. The number of carbonyl (C=O) groups excluding carboxylic acids is 1. The summed E-state index contributed by atoms with van der Waals surface area (Å²) in [5.74, 6) is -0.0288. The molecule has 0 N–H and O–H groups in total.